The molecule has 1 unspecified atom stereocenters. The van der Waals surface area contributed by atoms with Gasteiger partial charge in [-0.25, -0.2) is 19.9 Å². The molecule has 0 fully saturated rings. The number of benzene rings is 7. The highest BCUT2D eigenvalue weighted by Crippen LogP contribution is 2.64. The van der Waals surface area contributed by atoms with Crippen molar-refractivity contribution in [2.75, 3.05) is 0 Å². The Balaban J connectivity index is 1.10. The van der Waals surface area contributed by atoms with Crippen LogP contribution in [0.15, 0.2) is 168 Å². The van der Waals surface area contributed by atoms with Crippen LogP contribution < -0.4 is 0 Å². The molecule has 2 aliphatic carbocycles. The van der Waals surface area contributed by atoms with E-state index in [2.05, 4.69) is 102 Å². The molecular formula is C52H32N6O. The first kappa shape index (κ1) is 33.2. The quantitative estimate of drug-likeness (QED) is 0.174. The Morgan fingerprint density at radius 3 is 1.98 bits per heavy atom. The molecule has 12 rings (SSSR count). The molecular weight excluding hydrogens is 725 g/mol. The fourth-order valence-electron chi connectivity index (χ4n) is 9.63. The maximum atomic E-state index is 10.2. The van der Waals surface area contributed by atoms with Gasteiger partial charge in [-0.05, 0) is 93.0 Å². The number of para-hydroxylation sites is 2. The number of nitriles is 1. The summed E-state index contributed by atoms with van der Waals surface area (Å²) in [6.07, 6.45) is 0.808. The van der Waals surface area contributed by atoms with Gasteiger partial charge in [0.05, 0.1) is 28.1 Å². The Bertz CT molecular complexity index is 3340. The molecule has 1 spiro atoms. The lowest BCUT2D eigenvalue weighted by atomic mass is 9.70. The van der Waals surface area contributed by atoms with Gasteiger partial charge in [-0.3, -0.25) is 4.57 Å². The van der Waals surface area contributed by atoms with Gasteiger partial charge < -0.3 is 4.42 Å². The van der Waals surface area contributed by atoms with Crippen LogP contribution in [0.4, 0.5) is 0 Å². The van der Waals surface area contributed by atoms with Gasteiger partial charge in [-0.15, -0.1) is 0 Å². The molecule has 0 radical (unpaired) electrons. The van der Waals surface area contributed by atoms with Crippen molar-refractivity contribution in [1.82, 2.24) is 24.5 Å². The standard InChI is InChI=1S/C52H32N6O/c1-2-47-54-43-19-11-12-20-44(43)58(47)34-22-24-40-36(28-34)35-17-9-10-18-39(35)52(40)41-23-21-31(30-53)27-37(41)48-38-29-46(59-45(38)26-25-42(48)52)51-56-49(32-13-5-3-6-14-32)55-50(57-51)33-15-7-4-8-16-33/h3-29H,2H2,1H3. The lowest BCUT2D eigenvalue weighted by molar-refractivity contribution is 0.624. The van der Waals surface area contributed by atoms with E-state index in [0.29, 0.717) is 34.4 Å². The molecule has 3 heterocycles. The lowest BCUT2D eigenvalue weighted by Crippen LogP contribution is -2.25. The first-order valence-corrected chi connectivity index (χ1v) is 19.8. The summed E-state index contributed by atoms with van der Waals surface area (Å²) in [4.78, 5) is 19.9. The predicted octanol–water partition coefficient (Wildman–Crippen LogP) is 11.7. The second-order valence-electron chi connectivity index (χ2n) is 15.2. The van der Waals surface area contributed by atoms with Crippen molar-refractivity contribution >= 4 is 22.0 Å². The van der Waals surface area contributed by atoms with Crippen molar-refractivity contribution in [3.63, 3.8) is 0 Å². The molecule has 0 bridgehead atoms. The number of furan rings is 1. The molecule has 7 aromatic carbocycles. The van der Waals surface area contributed by atoms with Crippen LogP contribution in [0.5, 0.6) is 0 Å². The molecule has 0 saturated heterocycles. The molecule has 10 aromatic rings. The molecule has 59 heavy (non-hydrogen) atoms. The molecule has 0 aliphatic heterocycles. The maximum Gasteiger partial charge on any atom is 0.199 e. The molecule has 7 nitrogen and oxygen atoms in total. The number of hydrogen-bond donors (Lipinski definition) is 0. The highest BCUT2D eigenvalue weighted by atomic mass is 16.3. The molecule has 0 amide bonds. The van der Waals surface area contributed by atoms with Gasteiger partial charge in [0.2, 0.25) is 0 Å². The van der Waals surface area contributed by atoms with E-state index in [-0.39, 0.29) is 0 Å². The van der Waals surface area contributed by atoms with Crippen molar-refractivity contribution in [1.29, 1.82) is 5.26 Å². The fourth-order valence-corrected chi connectivity index (χ4v) is 9.63. The highest BCUT2D eigenvalue weighted by Gasteiger charge is 2.52. The normalized spacial score (nSPS) is 14.6. The van der Waals surface area contributed by atoms with Gasteiger partial charge in [0.1, 0.15) is 11.4 Å². The number of aromatic nitrogens is 5. The zero-order chi connectivity index (χ0) is 39.2. The molecule has 2 aliphatic rings. The van der Waals surface area contributed by atoms with Gasteiger partial charge in [-0.1, -0.05) is 122 Å². The molecule has 0 N–H and O–H groups in total. The third kappa shape index (κ3) is 4.69. The number of nitrogens with zero attached hydrogens (tertiary/aromatic N) is 6. The summed E-state index contributed by atoms with van der Waals surface area (Å²) in [5.74, 6) is 3.15. The van der Waals surface area contributed by atoms with Gasteiger partial charge in [0.15, 0.2) is 23.2 Å². The van der Waals surface area contributed by atoms with Crippen molar-refractivity contribution in [3.05, 3.63) is 197 Å². The summed E-state index contributed by atoms with van der Waals surface area (Å²) in [5, 5.41) is 11.2. The third-order valence-electron chi connectivity index (χ3n) is 12.1. The van der Waals surface area contributed by atoms with E-state index in [1.165, 1.54) is 22.3 Å². The molecule has 0 saturated carbocycles. The van der Waals surface area contributed by atoms with Crippen LogP contribution in [-0.4, -0.2) is 24.5 Å². The summed E-state index contributed by atoms with van der Waals surface area (Å²) < 4.78 is 9.01. The van der Waals surface area contributed by atoms with Crippen molar-refractivity contribution < 1.29 is 4.42 Å². The highest BCUT2D eigenvalue weighted by molar-refractivity contribution is 6.06. The van der Waals surface area contributed by atoms with Crippen LogP contribution in [0.1, 0.15) is 40.6 Å². The summed E-state index contributed by atoms with van der Waals surface area (Å²) in [6, 6.07) is 58.8. The van der Waals surface area contributed by atoms with Crippen molar-refractivity contribution in [3.8, 4) is 68.4 Å². The minimum atomic E-state index is -0.631. The maximum absolute atomic E-state index is 10.2. The summed E-state index contributed by atoms with van der Waals surface area (Å²) in [7, 11) is 0. The minimum Gasteiger partial charge on any atom is -0.453 e. The average molecular weight is 757 g/mol. The lowest BCUT2D eigenvalue weighted by Gasteiger charge is -2.30. The molecule has 3 aromatic heterocycles. The van der Waals surface area contributed by atoms with E-state index in [4.69, 9.17) is 24.4 Å². The van der Waals surface area contributed by atoms with Crippen LogP contribution in [0.25, 0.3) is 84.3 Å². The van der Waals surface area contributed by atoms with Crippen LogP contribution in [0.3, 0.4) is 0 Å². The SMILES string of the molecule is CCc1nc2ccccc2n1-c1ccc2c(c1)-c1ccccc1C21c2ccc(C#N)cc2-c2c1ccc1oc(-c3nc(-c4ccccc4)nc(-c4ccccc4)n3)cc21. The molecule has 1 atom stereocenters. The topological polar surface area (TPSA) is 93.4 Å². The zero-order valence-corrected chi connectivity index (χ0v) is 31.9. The Morgan fingerprint density at radius 2 is 1.22 bits per heavy atom. The summed E-state index contributed by atoms with van der Waals surface area (Å²) >= 11 is 0. The van der Waals surface area contributed by atoms with Crippen molar-refractivity contribution in [2.24, 2.45) is 0 Å². The Labute approximate surface area is 339 Å². The Kier molecular flexibility index (Phi) is 7.05. The van der Waals surface area contributed by atoms with E-state index >= 15 is 0 Å². The van der Waals surface area contributed by atoms with Gasteiger partial charge in [0, 0.05) is 28.6 Å². The number of rotatable bonds is 5. The van der Waals surface area contributed by atoms with Crippen LogP contribution in [0.2, 0.25) is 0 Å². The number of hydrogen-bond acceptors (Lipinski definition) is 6. The van der Waals surface area contributed by atoms with E-state index in [0.717, 1.165) is 67.7 Å². The predicted molar refractivity (Wildman–Crippen MR) is 231 cm³/mol. The monoisotopic (exact) mass is 756 g/mol. The second kappa shape index (κ2) is 12.5. The van der Waals surface area contributed by atoms with Gasteiger partial charge >= 0.3 is 0 Å². The van der Waals surface area contributed by atoms with Crippen LogP contribution in [0, 0.1) is 11.3 Å². The van der Waals surface area contributed by atoms with Gasteiger partial charge in [-0.2, -0.15) is 5.26 Å². The second-order valence-corrected chi connectivity index (χ2v) is 15.2. The zero-order valence-electron chi connectivity index (χ0n) is 31.9. The van der Waals surface area contributed by atoms with Crippen molar-refractivity contribution in [2.45, 2.75) is 18.8 Å². The summed E-state index contributed by atoms with van der Waals surface area (Å²) in [6.45, 7) is 2.16. The largest absolute Gasteiger partial charge is 0.453 e. The smallest absolute Gasteiger partial charge is 0.199 e. The van der Waals surface area contributed by atoms with Crippen LogP contribution >= 0.6 is 0 Å². The Morgan fingerprint density at radius 1 is 0.576 bits per heavy atom. The first-order valence-electron chi connectivity index (χ1n) is 19.8. The first-order chi connectivity index (χ1) is 29.1. The fraction of sp³-hybridized carbons (Fsp3) is 0.0577. The third-order valence-corrected chi connectivity index (χ3v) is 12.1. The number of aryl methyl sites for hydroxylation is 1. The van der Waals surface area contributed by atoms with E-state index < -0.39 is 5.41 Å². The van der Waals surface area contributed by atoms with Crippen LogP contribution in [-0.2, 0) is 11.8 Å². The summed E-state index contributed by atoms with van der Waals surface area (Å²) in [5.41, 5.74) is 14.8. The Hall–Kier alpha value is -7.95. The van der Waals surface area contributed by atoms with E-state index in [1.54, 1.807) is 0 Å². The number of fused-ring (bicyclic) bond motifs is 13. The van der Waals surface area contributed by atoms with E-state index in [9.17, 15) is 5.26 Å². The van der Waals surface area contributed by atoms with E-state index in [1.807, 2.05) is 78.9 Å². The molecule has 7 heteroatoms. The average Bonchev–Trinajstić information content (AvgIpc) is 4.06. The minimum absolute atomic E-state index is 0.448. The molecule has 276 valence electrons. The number of imidazole rings is 1. The van der Waals surface area contributed by atoms with Gasteiger partial charge in [0.25, 0.3) is 0 Å².